The van der Waals surface area contributed by atoms with Crippen molar-refractivity contribution < 1.29 is 19.7 Å². The maximum absolute atomic E-state index is 10.3. The maximum atomic E-state index is 10.3. The van der Waals surface area contributed by atoms with Crippen molar-refractivity contribution in [2.45, 2.75) is 25.0 Å². The Bertz CT molecular complexity index is 583. The molecule has 118 valence electrons. The third-order valence-corrected chi connectivity index (χ3v) is 3.69. The van der Waals surface area contributed by atoms with Gasteiger partial charge in [0.2, 0.25) is 0 Å². The molecule has 0 aromatic heterocycles. The Hall–Kier alpha value is -2.04. The summed E-state index contributed by atoms with van der Waals surface area (Å²) in [6.07, 6.45) is -0.278. The Labute approximate surface area is 130 Å². The molecule has 2 aromatic carbocycles. The van der Waals surface area contributed by atoms with Crippen molar-refractivity contribution in [1.82, 2.24) is 0 Å². The molecule has 0 fully saturated rings. The first-order valence-corrected chi connectivity index (χ1v) is 7.28. The number of benzene rings is 2. The van der Waals surface area contributed by atoms with Crippen LogP contribution in [0.3, 0.4) is 0 Å². The van der Waals surface area contributed by atoms with E-state index in [1.54, 1.807) is 32.4 Å². The average Bonchev–Trinajstić information content (AvgIpc) is 2.59. The largest absolute Gasteiger partial charge is 0.493 e. The molecule has 0 heterocycles. The van der Waals surface area contributed by atoms with E-state index in [1.165, 1.54) is 0 Å². The predicted molar refractivity (Wildman–Crippen MR) is 85.1 cm³/mol. The van der Waals surface area contributed by atoms with Crippen molar-refractivity contribution in [3.63, 3.8) is 0 Å². The Balaban J connectivity index is 1.99. The second-order valence-corrected chi connectivity index (χ2v) is 5.13. The summed E-state index contributed by atoms with van der Waals surface area (Å²) >= 11 is 0. The number of hydrogen-bond acceptors (Lipinski definition) is 4. The molecule has 2 rings (SSSR count). The van der Waals surface area contributed by atoms with Gasteiger partial charge in [0.25, 0.3) is 0 Å². The van der Waals surface area contributed by atoms with Crippen LogP contribution in [-0.4, -0.2) is 24.4 Å². The summed E-state index contributed by atoms with van der Waals surface area (Å²) in [5, 5.41) is 20.4. The fourth-order valence-corrected chi connectivity index (χ4v) is 2.38. The molecule has 2 unspecified atom stereocenters. The van der Waals surface area contributed by atoms with Gasteiger partial charge >= 0.3 is 0 Å². The van der Waals surface area contributed by atoms with Crippen molar-refractivity contribution in [2.24, 2.45) is 0 Å². The van der Waals surface area contributed by atoms with Crippen LogP contribution in [0.25, 0.3) is 0 Å². The van der Waals surface area contributed by atoms with Gasteiger partial charge in [0.05, 0.1) is 26.4 Å². The fraction of sp³-hybridized carbons (Fsp3) is 0.333. The number of aliphatic hydroxyl groups is 2. The van der Waals surface area contributed by atoms with E-state index in [9.17, 15) is 10.2 Å². The molecular weight excluding hydrogens is 280 g/mol. The van der Waals surface area contributed by atoms with E-state index in [-0.39, 0.29) is 0 Å². The van der Waals surface area contributed by atoms with Gasteiger partial charge in [-0.3, -0.25) is 0 Å². The maximum Gasteiger partial charge on any atom is 0.161 e. The Kier molecular flexibility index (Phi) is 5.81. The zero-order valence-corrected chi connectivity index (χ0v) is 12.9. The number of rotatable bonds is 7. The monoisotopic (exact) mass is 302 g/mol. The summed E-state index contributed by atoms with van der Waals surface area (Å²) in [7, 11) is 3.14. The SMILES string of the molecule is COc1ccc(C(O)CCC(O)c2ccccc2)cc1OC. The second kappa shape index (κ2) is 7.82. The molecule has 2 atom stereocenters. The molecule has 0 saturated heterocycles. The first-order valence-electron chi connectivity index (χ1n) is 7.28. The zero-order chi connectivity index (χ0) is 15.9. The van der Waals surface area contributed by atoms with Crippen LogP contribution in [-0.2, 0) is 0 Å². The van der Waals surface area contributed by atoms with E-state index in [4.69, 9.17) is 9.47 Å². The van der Waals surface area contributed by atoms with Crippen LogP contribution in [0, 0.1) is 0 Å². The van der Waals surface area contributed by atoms with Crippen LogP contribution < -0.4 is 9.47 Å². The minimum Gasteiger partial charge on any atom is -0.493 e. The number of ether oxygens (including phenoxy) is 2. The van der Waals surface area contributed by atoms with E-state index in [1.807, 2.05) is 30.3 Å². The lowest BCUT2D eigenvalue weighted by Gasteiger charge is -2.16. The lowest BCUT2D eigenvalue weighted by Crippen LogP contribution is -2.03. The van der Waals surface area contributed by atoms with Gasteiger partial charge in [-0.2, -0.15) is 0 Å². The molecule has 0 aliphatic rings. The molecule has 0 spiro atoms. The lowest BCUT2D eigenvalue weighted by atomic mass is 9.99. The van der Waals surface area contributed by atoms with Crippen molar-refractivity contribution in [1.29, 1.82) is 0 Å². The standard InChI is InChI=1S/C18H22O4/c1-21-17-11-8-14(12-18(17)22-2)16(20)10-9-15(19)13-6-4-3-5-7-13/h3-8,11-12,15-16,19-20H,9-10H2,1-2H3. The minimum atomic E-state index is -0.654. The average molecular weight is 302 g/mol. The fourth-order valence-electron chi connectivity index (χ4n) is 2.38. The number of hydrogen-bond donors (Lipinski definition) is 2. The molecule has 0 amide bonds. The number of methoxy groups -OCH3 is 2. The minimum absolute atomic E-state index is 0.464. The molecule has 2 N–H and O–H groups in total. The van der Waals surface area contributed by atoms with Crippen LogP contribution in [0.4, 0.5) is 0 Å². The van der Waals surface area contributed by atoms with Gasteiger partial charge in [-0.1, -0.05) is 36.4 Å². The van der Waals surface area contributed by atoms with Crippen LogP contribution >= 0.6 is 0 Å². The van der Waals surface area contributed by atoms with Crippen molar-refractivity contribution in [3.8, 4) is 11.5 Å². The molecule has 0 aliphatic heterocycles. The molecule has 4 heteroatoms. The molecule has 0 radical (unpaired) electrons. The van der Waals surface area contributed by atoms with Crippen LogP contribution in [0.1, 0.15) is 36.2 Å². The normalized spacial score (nSPS) is 13.5. The smallest absolute Gasteiger partial charge is 0.161 e. The quantitative estimate of drug-likeness (QED) is 0.824. The highest BCUT2D eigenvalue weighted by atomic mass is 16.5. The third kappa shape index (κ3) is 4.00. The summed E-state index contributed by atoms with van der Waals surface area (Å²) in [5.74, 6) is 1.21. The molecule has 0 saturated carbocycles. The van der Waals surface area contributed by atoms with Crippen LogP contribution in [0.15, 0.2) is 48.5 Å². The summed E-state index contributed by atoms with van der Waals surface area (Å²) in [6.45, 7) is 0. The van der Waals surface area contributed by atoms with Gasteiger partial charge in [0.1, 0.15) is 0 Å². The van der Waals surface area contributed by atoms with Crippen LogP contribution in [0.5, 0.6) is 11.5 Å². The number of aliphatic hydroxyl groups excluding tert-OH is 2. The van der Waals surface area contributed by atoms with Crippen molar-refractivity contribution in [3.05, 3.63) is 59.7 Å². The van der Waals surface area contributed by atoms with Crippen molar-refractivity contribution >= 4 is 0 Å². The third-order valence-electron chi connectivity index (χ3n) is 3.69. The second-order valence-electron chi connectivity index (χ2n) is 5.13. The van der Waals surface area contributed by atoms with Crippen molar-refractivity contribution in [2.75, 3.05) is 14.2 Å². The van der Waals surface area contributed by atoms with E-state index >= 15 is 0 Å². The topological polar surface area (TPSA) is 58.9 Å². The molecular formula is C18H22O4. The molecule has 0 bridgehead atoms. The predicted octanol–water partition coefficient (Wildman–Crippen LogP) is 3.25. The Morgan fingerprint density at radius 1 is 0.773 bits per heavy atom. The van der Waals surface area contributed by atoms with Gasteiger partial charge in [-0.25, -0.2) is 0 Å². The Morgan fingerprint density at radius 3 is 1.95 bits per heavy atom. The summed E-state index contributed by atoms with van der Waals surface area (Å²) in [5.41, 5.74) is 1.61. The van der Waals surface area contributed by atoms with Gasteiger partial charge in [0, 0.05) is 0 Å². The highest BCUT2D eigenvalue weighted by Gasteiger charge is 2.14. The van der Waals surface area contributed by atoms with Crippen LogP contribution in [0.2, 0.25) is 0 Å². The molecule has 0 aliphatic carbocycles. The zero-order valence-electron chi connectivity index (χ0n) is 12.9. The molecule has 4 nitrogen and oxygen atoms in total. The van der Waals surface area contributed by atoms with Gasteiger partial charge < -0.3 is 19.7 Å². The summed E-state index contributed by atoms with van der Waals surface area (Å²) < 4.78 is 10.4. The van der Waals surface area contributed by atoms with Gasteiger partial charge in [0.15, 0.2) is 11.5 Å². The highest BCUT2D eigenvalue weighted by molar-refractivity contribution is 5.43. The lowest BCUT2D eigenvalue weighted by molar-refractivity contribution is 0.114. The highest BCUT2D eigenvalue weighted by Crippen LogP contribution is 2.32. The van der Waals surface area contributed by atoms with E-state index in [0.29, 0.717) is 24.3 Å². The molecule has 2 aromatic rings. The van der Waals surface area contributed by atoms with Gasteiger partial charge in [-0.15, -0.1) is 0 Å². The van der Waals surface area contributed by atoms with E-state index in [0.717, 1.165) is 11.1 Å². The van der Waals surface area contributed by atoms with Gasteiger partial charge in [-0.05, 0) is 36.1 Å². The first-order chi connectivity index (χ1) is 10.7. The first kappa shape index (κ1) is 16.3. The van der Waals surface area contributed by atoms with E-state index < -0.39 is 12.2 Å². The summed E-state index contributed by atoms with van der Waals surface area (Å²) in [4.78, 5) is 0. The summed E-state index contributed by atoms with van der Waals surface area (Å²) in [6, 6.07) is 14.8. The van der Waals surface area contributed by atoms with E-state index in [2.05, 4.69) is 0 Å². The Morgan fingerprint density at radius 2 is 1.36 bits per heavy atom. The molecule has 22 heavy (non-hydrogen) atoms.